The number of amides is 2. The maximum atomic E-state index is 12.1. The standard InChI is InChI=1S/C22H22N2O4/c1-15-7-10-19(11-8-15)27-14-21(25)23-24-22(26)16(2)28-20-12-9-17-5-3-4-6-18(17)13-20/h3-13,16H,14H2,1-2H3,(H,23,25)(H,24,26). The number of hydrogen-bond donors (Lipinski definition) is 2. The van der Waals surface area contributed by atoms with E-state index >= 15 is 0 Å². The highest BCUT2D eigenvalue weighted by Crippen LogP contribution is 2.21. The van der Waals surface area contributed by atoms with Crippen LogP contribution in [0.3, 0.4) is 0 Å². The number of nitrogens with one attached hydrogen (secondary N) is 2. The van der Waals surface area contributed by atoms with Crippen molar-refractivity contribution in [1.29, 1.82) is 0 Å². The molecular weight excluding hydrogens is 356 g/mol. The van der Waals surface area contributed by atoms with Crippen LogP contribution in [0, 0.1) is 6.92 Å². The summed E-state index contributed by atoms with van der Waals surface area (Å²) in [6.07, 6.45) is -0.778. The van der Waals surface area contributed by atoms with Crippen molar-refractivity contribution in [2.45, 2.75) is 20.0 Å². The molecule has 28 heavy (non-hydrogen) atoms. The third-order valence-corrected chi connectivity index (χ3v) is 4.12. The Morgan fingerprint density at radius 2 is 1.57 bits per heavy atom. The molecule has 0 aliphatic rings. The number of ether oxygens (including phenoxy) is 2. The molecule has 0 saturated heterocycles. The molecule has 0 saturated carbocycles. The molecule has 0 aromatic heterocycles. The molecule has 144 valence electrons. The molecule has 3 aromatic rings. The van der Waals surface area contributed by atoms with E-state index in [2.05, 4.69) is 10.9 Å². The van der Waals surface area contributed by atoms with Crippen LogP contribution in [0.2, 0.25) is 0 Å². The summed E-state index contributed by atoms with van der Waals surface area (Å²) in [7, 11) is 0. The van der Waals surface area contributed by atoms with Crippen LogP contribution in [0.5, 0.6) is 11.5 Å². The van der Waals surface area contributed by atoms with E-state index in [1.807, 2.05) is 55.5 Å². The molecule has 3 rings (SSSR count). The molecule has 3 aromatic carbocycles. The van der Waals surface area contributed by atoms with Gasteiger partial charge in [-0.2, -0.15) is 0 Å². The molecule has 0 aliphatic heterocycles. The van der Waals surface area contributed by atoms with Crippen molar-refractivity contribution in [2.24, 2.45) is 0 Å². The smallest absolute Gasteiger partial charge is 0.279 e. The molecule has 1 atom stereocenters. The number of carbonyl (C=O) groups is 2. The number of hydrogen-bond acceptors (Lipinski definition) is 4. The maximum Gasteiger partial charge on any atom is 0.279 e. The van der Waals surface area contributed by atoms with E-state index < -0.39 is 17.9 Å². The topological polar surface area (TPSA) is 76.7 Å². The van der Waals surface area contributed by atoms with Crippen molar-refractivity contribution in [3.8, 4) is 11.5 Å². The molecule has 0 radical (unpaired) electrons. The van der Waals surface area contributed by atoms with E-state index in [0.717, 1.165) is 16.3 Å². The van der Waals surface area contributed by atoms with Crippen LogP contribution in [-0.4, -0.2) is 24.5 Å². The average molecular weight is 378 g/mol. The fourth-order valence-electron chi connectivity index (χ4n) is 2.55. The first-order valence-electron chi connectivity index (χ1n) is 8.95. The molecule has 1 unspecified atom stereocenters. The highest BCUT2D eigenvalue weighted by molar-refractivity contribution is 5.86. The number of rotatable bonds is 6. The zero-order chi connectivity index (χ0) is 19.9. The quantitative estimate of drug-likeness (QED) is 0.646. The van der Waals surface area contributed by atoms with Crippen molar-refractivity contribution >= 4 is 22.6 Å². The number of carbonyl (C=O) groups excluding carboxylic acids is 2. The third kappa shape index (κ3) is 5.23. The Balaban J connectivity index is 1.45. The van der Waals surface area contributed by atoms with Gasteiger partial charge in [-0.25, -0.2) is 0 Å². The minimum absolute atomic E-state index is 0.205. The summed E-state index contributed by atoms with van der Waals surface area (Å²) in [5.41, 5.74) is 5.76. The Morgan fingerprint density at radius 3 is 2.32 bits per heavy atom. The van der Waals surface area contributed by atoms with Crippen LogP contribution in [0.15, 0.2) is 66.7 Å². The van der Waals surface area contributed by atoms with Crippen molar-refractivity contribution in [3.05, 3.63) is 72.3 Å². The van der Waals surface area contributed by atoms with Crippen LogP contribution in [0.1, 0.15) is 12.5 Å². The molecule has 0 spiro atoms. The van der Waals surface area contributed by atoms with Crippen molar-refractivity contribution in [1.82, 2.24) is 10.9 Å². The lowest BCUT2D eigenvalue weighted by Crippen LogP contribution is -2.48. The second-order valence-corrected chi connectivity index (χ2v) is 6.41. The highest BCUT2D eigenvalue weighted by Gasteiger charge is 2.15. The molecule has 0 heterocycles. The van der Waals surface area contributed by atoms with E-state index in [0.29, 0.717) is 11.5 Å². The van der Waals surface area contributed by atoms with Gasteiger partial charge in [0.15, 0.2) is 12.7 Å². The molecule has 2 N–H and O–H groups in total. The molecule has 0 fully saturated rings. The van der Waals surface area contributed by atoms with Crippen molar-refractivity contribution < 1.29 is 19.1 Å². The van der Waals surface area contributed by atoms with Gasteiger partial charge in [0.2, 0.25) is 0 Å². The SMILES string of the molecule is Cc1ccc(OCC(=O)NNC(=O)C(C)Oc2ccc3ccccc3c2)cc1. The number of fused-ring (bicyclic) bond motifs is 1. The predicted octanol–water partition coefficient (Wildman–Crippen LogP) is 3.14. The second-order valence-electron chi connectivity index (χ2n) is 6.41. The van der Waals surface area contributed by atoms with Gasteiger partial charge < -0.3 is 9.47 Å². The molecule has 0 bridgehead atoms. The van der Waals surface area contributed by atoms with Crippen LogP contribution >= 0.6 is 0 Å². The minimum Gasteiger partial charge on any atom is -0.484 e. The van der Waals surface area contributed by atoms with Gasteiger partial charge in [0.25, 0.3) is 11.8 Å². The maximum absolute atomic E-state index is 12.1. The Hall–Kier alpha value is -3.54. The Morgan fingerprint density at radius 1 is 0.893 bits per heavy atom. The minimum atomic E-state index is -0.778. The average Bonchev–Trinajstić information content (AvgIpc) is 2.71. The Kier molecular flexibility index (Phi) is 6.11. The molecule has 6 heteroatoms. The summed E-state index contributed by atoms with van der Waals surface area (Å²) in [6, 6.07) is 20.8. The third-order valence-electron chi connectivity index (χ3n) is 4.12. The van der Waals surface area contributed by atoms with Gasteiger partial charge in [-0.1, -0.05) is 48.0 Å². The zero-order valence-corrected chi connectivity index (χ0v) is 15.8. The fraction of sp³-hybridized carbons (Fsp3) is 0.182. The van der Waals surface area contributed by atoms with E-state index in [9.17, 15) is 9.59 Å². The van der Waals surface area contributed by atoms with E-state index in [-0.39, 0.29) is 6.61 Å². The van der Waals surface area contributed by atoms with Crippen LogP contribution in [-0.2, 0) is 9.59 Å². The fourth-order valence-corrected chi connectivity index (χ4v) is 2.55. The largest absolute Gasteiger partial charge is 0.484 e. The lowest BCUT2D eigenvalue weighted by molar-refractivity contribution is -0.133. The van der Waals surface area contributed by atoms with Gasteiger partial charge in [-0.15, -0.1) is 0 Å². The van der Waals surface area contributed by atoms with Gasteiger partial charge in [0.1, 0.15) is 11.5 Å². The highest BCUT2D eigenvalue weighted by atomic mass is 16.5. The molecule has 2 amide bonds. The van der Waals surface area contributed by atoms with Gasteiger partial charge >= 0.3 is 0 Å². The van der Waals surface area contributed by atoms with Crippen molar-refractivity contribution in [3.63, 3.8) is 0 Å². The second kappa shape index (κ2) is 8.90. The Labute approximate surface area is 163 Å². The van der Waals surface area contributed by atoms with E-state index in [1.54, 1.807) is 25.1 Å². The summed E-state index contributed by atoms with van der Waals surface area (Å²) in [5, 5.41) is 2.11. The monoisotopic (exact) mass is 378 g/mol. The number of benzene rings is 3. The zero-order valence-electron chi connectivity index (χ0n) is 15.8. The van der Waals surface area contributed by atoms with Crippen LogP contribution in [0.4, 0.5) is 0 Å². The Bertz CT molecular complexity index is 970. The molecular formula is C22H22N2O4. The van der Waals surface area contributed by atoms with Crippen LogP contribution < -0.4 is 20.3 Å². The molecule has 0 aliphatic carbocycles. The van der Waals surface area contributed by atoms with Gasteiger partial charge in [-0.05, 0) is 48.9 Å². The first kappa shape index (κ1) is 19.2. The molecule has 6 nitrogen and oxygen atoms in total. The van der Waals surface area contributed by atoms with E-state index in [1.165, 1.54) is 0 Å². The summed E-state index contributed by atoms with van der Waals surface area (Å²) >= 11 is 0. The number of aryl methyl sites for hydroxylation is 1. The normalized spacial score (nSPS) is 11.5. The summed E-state index contributed by atoms with van der Waals surface area (Å²) < 4.78 is 11.0. The first-order valence-corrected chi connectivity index (χ1v) is 8.95. The lowest BCUT2D eigenvalue weighted by Gasteiger charge is -2.15. The number of hydrazine groups is 1. The summed E-state index contributed by atoms with van der Waals surface area (Å²) in [6.45, 7) is 3.37. The van der Waals surface area contributed by atoms with Gasteiger partial charge in [0.05, 0.1) is 0 Å². The predicted molar refractivity (Wildman–Crippen MR) is 107 cm³/mol. The van der Waals surface area contributed by atoms with Gasteiger partial charge in [-0.3, -0.25) is 20.4 Å². The lowest BCUT2D eigenvalue weighted by atomic mass is 10.1. The van der Waals surface area contributed by atoms with Gasteiger partial charge in [0, 0.05) is 0 Å². The summed E-state index contributed by atoms with van der Waals surface area (Å²) in [4.78, 5) is 24.0. The summed E-state index contributed by atoms with van der Waals surface area (Å²) in [5.74, 6) is 0.235. The van der Waals surface area contributed by atoms with Crippen molar-refractivity contribution in [2.75, 3.05) is 6.61 Å². The van der Waals surface area contributed by atoms with Crippen LogP contribution in [0.25, 0.3) is 10.8 Å². The first-order chi connectivity index (χ1) is 13.5. The van der Waals surface area contributed by atoms with E-state index in [4.69, 9.17) is 9.47 Å².